The maximum absolute atomic E-state index is 3.69. The molecule has 3 unspecified atom stereocenters. The van der Waals surface area contributed by atoms with Crippen LogP contribution in [0.4, 0.5) is 0 Å². The largest absolute Gasteiger partial charge is 0.0882 e. The molecule has 5 atom stereocenters. The van der Waals surface area contributed by atoms with Gasteiger partial charge in [-0.3, -0.25) is 0 Å². The highest BCUT2D eigenvalue weighted by molar-refractivity contribution is 9.11. The minimum Gasteiger partial charge on any atom is -0.0882 e. The summed E-state index contributed by atoms with van der Waals surface area (Å²) in [5.41, 5.74) is 6.73. The highest BCUT2D eigenvalue weighted by Crippen LogP contribution is 2.41. The number of halogens is 1. The normalized spacial score (nSPS) is 31.7. The molecule has 0 saturated carbocycles. The summed E-state index contributed by atoms with van der Waals surface area (Å²) in [4.78, 5) is 0. The summed E-state index contributed by atoms with van der Waals surface area (Å²) in [5, 5.41) is 0. The molecular formula is C35H47Br. The van der Waals surface area contributed by atoms with Crippen LogP contribution in [0.15, 0.2) is 81.5 Å². The van der Waals surface area contributed by atoms with Gasteiger partial charge in [0.25, 0.3) is 0 Å². The lowest BCUT2D eigenvalue weighted by Gasteiger charge is -2.33. The van der Waals surface area contributed by atoms with Crippen LogP contribution in [-0.4, -0.2) is 0 Å². The van der Waals surface area contributed by atoms with Crippen molar-refractivity contribution in [3.05, 3.63) is 81.5 Å². The minimum atomic E-state index is 0.698. The molecule has 0 heterocycles. The topological polar surface area (TPSA) is 0 Å². The molecule has 36 heavy (non-hydrogen) atoms. The van der Waals surface area contributed by atoms with E-state index in [0.29, 0.717) is 5.92 Å². The van der Waals surface area contributed by atoms with E-state index in [9.17, 15) is 0 Å². The van der Waals surface area contributed by atoms with Gasteiger partial charge < -0.3 is 0 Å². The quantitative estimate of drug-likeness (QED) is 0.265. The summed E-state index contributed by atoms with van der Waals surface area (Å²) in [6.45, 7) is 2.31. The minimum absolute atomic E-state index is 0.698. The Morgan fingerprint density at radius 2 is 1.83 bits per heavy atom. The molecule has 0 aromatic carbocycles. The lowest BCUT2D eigenvalue weighted by atomic mass is 9.72. The maximum Gasteiger partial charge on any atom is -0.00888 e. The molecule has 0 radical (unpaired) electrons. The molecule has 0 amide bonds. The summed E-state index contributed by atoms with van der Waals surface area (Å²) >= 11 is 3.69. The Morgan fingerprint density at radius 1 is 0.889 bits per heavy atom. The van der Waals surface area contributed by atoms with Crippen molar-refractivity contribution in [3.8, 4) is 0 Å². The number of allylic oxidation sites excluding steroid dienone is 14. The smallest absolute Gasteiger partial charge is 0.00888 e. The Balaban J connectivity index is 1.20. The van der Waals surface area contributed by atoms with Gasteiger partial charge in [-0.05, 0) is 136 Å². The van der Waals surface area contributed by atoms with E-state index < -0.39 is 0 Å². The lowest BCUT2D eigenvalue weighted by molar-refractivity contribution is 0.348. The molecule has 5 rings (SSSR count). The van der Waals surface area contributed by atoms with Crippen LogP contribution in [0.1, 0.15) is 103 Å². The molecule has 1 heteroatoms. The van der Waals surface area contributed by atoms with E-state index in [2.05, 4.69) is 77.5 Å². The molecule has 0 aromatic heterocycles. The number of hydrogen-bond donors (Lipinski definition) is 0. The molecule has 0 spiro atoms. The van der Waals surface area contributed by atoms with E-state index in [1.807, 2.05) is 0 Å². The molecule has 0 fully saturated rings. The van der Waals surface area contributed by atoms with E-state index in [1.54, 1.807) is 22.3 Å². The Bertz CT molecular complexity index is 980. The Labute approximate surface area is 229 Å². The SMILES string of the molecule is CCC1=CCC([C@@H]2C=CC(C(CCC3=CC=C(C4CC=C(Br)CC4)CC3)[C@@H]3C=CCCC3)=CC2)CC1. The van der Waals surface area contributed by atoms with Crippen molar-refractivity contribution in [2.24, 2.45) is 29.6 Å². The predicted octanol–water partition coefficient (Wildman–Crippen LogP) is 11.1. The van der Waals surface area contributed by atoms with Gasteiger partial charge in [-0.1, -0.05) is 94.3 Å². The molecule has 0 nitrogen and oxygen atoms in total. The van der Waals surface area contributed by atoms with E-state index in [1.165, 1.54) is 101 Å². The van der Waals surface area contributed by atoms with Crippen LogP contribution in [-0.2, 0) is 0 Å². The van der Waals surface area contributed by atoms with Crippen LogP contribution in [0, 0.1) is 29.6 Å². The molecule has 0 aromatic rings. The second kappa shape index (κ2) is 12.9. The van der Waals surface area contributed by atoms with Crippen LogP contribution in [0.25, 0.3) is 0 Å². The summed E-state index contributed by atoms with van der Waals surface area (Å²) in [7, 11) is 0. The van der Waals surface area contributed by atoms with E-state index in [-0.39, 0.29) is 0 Å². The first-order chi connectivity index (χ1) is 17.7. The van der Waals surface area contributed by atoms with Crippen molar-refractivity contribution < 1.29 is 0 Å². The third-order valence-electron chi connectivity index (χ3n) is 9.93. The van der Waals surface area contributed by atoms with Gasteiger partial charge in [-0.2, -0.15) is 0 Å². The predicted molar refractivity (Wildman–Crippen MR) is 160 cm³/mol. The van der Waals surface area contributed by atoms with Gasteiger partial charge in [-0.25, -0.2) is 0 Å². The van der Waals surface area contributed by atoms with Crippen LogP contribution in [0.5, 0.6) is 0 Å². The maximum atomic E-state index is 3.69. The van der Waals surface area contributed by atoms with Crippen LogP contribution in [0.3, 0.4) is 0 Å². The fourth-order valence-corrected chi connectivity index (χ4v) is 7.84. The summed E-state index contributed by atoms with van der Waals surface area (Å²) in [6, 6.07) is 0. The molecule has 0 saturated heterocycles. The average molecular weight is 548 g/mol. The second-order valence-electron chi connectivity index (χ2n) is 12.1. The first-order valence-electron chi connectivity index (χ1n) is 15.2. The van der Waals surface area contributed by atoms with Gasteiger partial charge in [-0.15, -0.1) is 0 Å². The summed E-state index contributed by atoms with van der Waals surface area (Å²) in [6.07, 6.45) is 42.3. The monoisotopic (exact) mass is 546 g/mol. The van der Waals surface area contributed by atoms with E-state index in [0.717, 1.165) is 23.7 Å². The van der Waals surface area contributed by atoms with E-state index in [4.69, 9.17) is 0 Å². The van der Waals surface area contributed by atoms with Crippen molar-refractivity contribution in [2.75, 3.05) is 0 Å². The zero-order valence-corrected chi connectivity index (χ0v) is 24.2. The molecule has 194 valence electrons. The van der Waals surface area contributed by atoms with Gasteiger partial charge >= 0.3 is 0 Å². The van der Waals surface area contributed by atoms with Gasteiger partial charge in [0.05, 0.1) is 0 Å². The first-order valence-corrected chi connectivity index (χ1v) is 15.9. The number of rotatable bonds is 8. The summed E-state index contributed by atoms with van der Waals surface area (Å²) in [5.74, 6) is 3.83. The molecule has 0 aliphatic heterocycles. The fourth-order valence-electron chi connectivity index (χ4n) is 7.42. The van der Waals surface area contributed by atoms with Crippen molar-refractivity contribution in [1.82, 2.24) is 0 Å². The Kier molecular flexibility index (Phi) is 9.45. The Hall–Kier alpha value is -1.34. The molecule has 5 aliphatic carbocycles. The zero-order chi connectivity index (χ0) is 24.7. The Morgan fingerprint density at radius 3 is 2.47 bits per heavy atom. The highest BCUT2D eigenvalue weighted by Gasteiger charge is 2.28. The summed E-state index contributed by atoms with van der Waals surface area (Å²) < 4.78 is 1.41. The van der Waals surface area contributed by atoms with Crippen LogP contribution in [0.2, 0.25) is 0 Å². The van der Waals surface area contributed by atoms with Crippen LogP contribution < -0.4 is 0 Å². The van der Waals surface area contributed by atoms with Gasteiger partial charge in [0.1, 0.15) is 0 Å². The third kappa shape index (κ3) is 6.75. The average Bonchev–Trinajstić information content (AvgIpc) is 2.95. The van der Waals surface area contributed by atoms with Crippen molar-refractivity contribution in [2.45, 2.75) is 103 Å². The van der Waals surface area contributed by atoms with Crippen molar-refractivity contribution >= 4 is 15.9 Å². The zero-order valence-electron chi connectivity index (χ0n) is 22.6. The second-order valence-corrected chi connectivity index (χ2v) is 13.1. The van der Waals surface area contributed by atoms with Crippen molar-refractivity contribution in [1.29, 1.82) is 0 Å². The standard InChI is InChI=1S/C35H47Br/c1-2-26-8-13-28(14-9-26)30-17-19-33(20-18-30)35(32-6-4-3-5-7-32)25-12-27-10-15-29(16-11-27)31-21-23-34(36)24-22-31/h4,6,8,10,15,17,19-20,23,28,30-32,35H,2-3,5,7,9,11-14,16,18,21-22,24-25H2,1H3/t28?,30-,31?,32-,35?/m1/s1. The molecule has 0 N–H and O–H groups in total. The van der Waals surface area contributed by atoms with Crippen molar-refractivity contribution in [3.63, 3.8) is 0 Å². The molecular weight excluding hydrogens is 500 g/mol. The van der Waals surface area contributed by atoms with E-state index >= 15 is 0 Å². The highest BCUT2D eigenvalue weighted by atomic mass is 79.9. The fraction of sp³-hybridized carbons (Fsp3) is 0.600. The van der Waals surface area contributed by atoms with Gasteiger partial charge in [0.2, 0.25) is 0 Å². The third-order valence-corrected chi connectivity index (χ3v) is 10.6. The number of hydrogen-bond acceptors (Lipinski definition) is 0. The lowest BCUT2D eigenvalue weighted by Crippen LogP contribution is -2.21. The molecule has 0 bridgehead atoms. The van der Waals surface area contributed by atoms with Gasteiger partial charge in [0.15, 0.2) is 0 Å². The first kappa shape index (κ1) is 26.3. The van der Waals surface area contributed by atoms with Crippen LogP contribution >= 0.6 is 15.9 Å². The van der Waals surface area contributed by atoms with Gasteiger partial charge in [0, 0.05) is 0 Å². The molecule has 5 aliphatic rings.